The lowest BCUT2D eigenvalue weighted by Gasteiger charge is -2.26. The van der Waals surface area contributed by atoms with E-state index in [-0.39, 0.29) is 23.7 Å². The highest BCUT2D eigenvalue weighted by Gasteiger charge is 2.60. The SMILES string of the molecule is O=C1C2C3CC[C@@H](C3)C2C(=O)N1CC1CCCCC1. The first-order valence-corrected chi connectivity index (χ1v) is 8.11. The molecule has 1 heterocycles. The lowest BCUT2D eigenvalue weighted by atomic mass is 9.81. The zero-order valence-corrected chi connectivity index (χ0v) is 11.5. The first kappa shape index (κ1) is 11.9. The predicted molar refractivity (Wildman–Crippen MR) is 71.1 cm³/mol. The van der Waals surface area contributed by atoms with Crippen LogP contribution in [0, 0.1) is 29.6 Å². The summed E-state index contributed by atoms with van der Waals surface area (Å²) in [4.78, 5) is 26.8. The summed E-state index contributed by atoms with van der Waals surface area (Å²) in [6.07, 6.45) is 9.80. The van der Waals surface area contributed by atoms with Gasteiger partial charge in [-0.15, -0.1) is 0 Å². The molecule has 0 N–H and O–H groups in total. The summed E-state index contributed by atoms with van der Waals surface area (Å²) in [6, 6.07) is 0. The molecule has 2 bridgehead atoms. The van der Waals surface area contributed by atoms with Crippen LogP contribution >= 0.6 is 0 Å². The summed E-state index contributed by atoms with van der Waals surface area (Å²) in [7, 11) is 0. The first-order chi connectivity index (χ1) is 9.25. The van der Waals surface area contributed by atoms with Crippen molar-refractivity contribution in [1.29, 1.82) is 0 Å². The van der Waals surface area contributed by atoms with Gasteiger partial charge in [-0.1, -0.05) is 19.3 Å². The molecule has 3 heteroatoms. The monoisotopic (exact) mass is 261 g/mol. The van der Waals surface area contributed by atoms with Crippen LogP contribution in [0.1, 0.15) is 51.4 Å². The maximum absolute atomic E-state index is 12.6. The number of hydrogen-bond acceptors (Lipinski definition) is 2. The molecule has 3 aliphatic carbocycles. The first-order valence-electron chi connectivity index (χ1n) is 8.11. The fraction of sp³-hybridized carbons (Fsp3) is 0.875. The Balaban J connectivity index is 1.51. The van der Waals surface area contributed by atoms with Gasteiger partial charge in [-0.25, -0.2) is 0 Å². The number of amides is 2. The number of carbonyl (C=O) groups is 2. The van der Waals surface area contributed by atoms with E-state index in [9.17, 15) is 9.59 Å². The van der Waals surface area contributed by atoms with Gasteiger partial charge in [0.05, 0.1) is 11.8 Å². The summed E-state index contributed by atoms with van der Waals surface area (Å²) in [5, 5.41) is 0. The summed E-state index contributed by atoms with van der Waals surface area (Å²) in [5.41, 5.74) is 0. The Morgan fingerprint density at radius 1 is 0.842 bits per heavy atom. The number of fused-ring (bicyclic) bond motifs is 5. The third-order valence-electron chi connectivity index (χ3n) is 6.18. The molecular weight excluding hydrogens is 238 g/mol. The van der Waals surface area contributed by atoms with E-state index < -0.39 is 0 Å². The van der Waals surface area contributed by atoms with E-state index in [0.717, 1.165) is 13.0 Å². The van der Waals surface area contributed by atoms with E-state index in [0.29, 0.717) is 17.8 Å². The van der Waals surface area contributed by atoms with Gasteiger partial charge in [0.2, 0.25) is 11.8 Å². The van der Waals surface area contributed by atoms with Crippen LogP contribution in [-0.4, -0.2) is 23.3 Å². The molecule has 4 rings (SSSR count). The number of nitrogens with zero attached hydrogens (tertiary/aromatic N) is 1. The van der Waals surface area contributed by atoms with Crippen LogP contribution in [0.3, 0.4) is 0 Å². The molecule has 1 aliphatic heterocycles. The van der Waals surface area contributed by atoms with Crippen LogP contribution < -0.4 is 0 Å². The smallest absolute Gasteiger partial charge is 0.233 e. The second kappa shape index (κ2) is 4.32. The second-order valence-electron chi connectivity index (χ2n) is 7.18. The van der Waals surface area contributed by atoms with Crippen molar-refractivity contribution in [1.82, 2.24) is 4.90 Å². The zero-order chi connectivity index (χ0) is 13.0. The number of hydrogen-bond donors (Lipinski definition) is 0. The highest BCUT2D eigenvalue weighted by Crippen LogP contribution is 2.56. The van der Waals surface area contributed by atoms with Crippen molar-refractivity contribution in [2.75, 3.05) is 6.54 Å². The number of carbonyl (C=O) groups excluding carboxylic acids is 2. The third kappa shape index (κ3) is 1.70. The number of likely N-dealkylation sites (tertiary alicyclic amines) is 1. The molecule has 0 aromatic heterocycles. The number of rotatable bonds is 2. The highest BCUT2D eigenvalue weighted by molar-refractivity contribution is 6.06. The van der Waals surface area contributed by atoms with Gasteiger partial charge < -0.3 is 0 Å². The molecule has 2 amide bonds. The van der Waals surface area contributed by atoms with Crippen LogP contribution in [0.15, 0.2) is 0 Å². The molecule has 0 radical (unpaired) electrons. The topological polar surface area (TPSA) is 37.4 Å². The summed E-state index contributed by atoms with van der Waals surface area (Å²) in [6.45, 7) is 0.726. The van der Waals surface area contributed by atoms with Crippen LogP contribution in [0.5, 0.6) is 0 Å². The average molecular weight is 261 g/mol. The standard InChI is InChI=1S/C16H23NO2/c18-15-13-11-6-7-12(8-11)14(13)16(19)17(15)9-10-4-2-1-3-5-10/h10-14H,1-9H2/t11-,12?,13?,14?/m0/s1. The van der Waals surface area contributed by atoms with Crippen LogP contribution in [0.25, 0.3) is 0 Å². The van der Waals surface area contributed by atoms with Crippen molar-refractivity contribution in [2.45, 2.75) is 51.4 Å². The Bertz CT molecular complexity index is 385. The fourth-order valence-electron chi connectivity index (χ4n) is 5.28. The average Bonchev–Trinajstić information content (AvgIpc) is 3.10. The van der Waals surface area contributed by atoms with Crippen molar-refractivity contribution < 1.29 is 9.59 Å². The Hall–Kier alpha value is -0.860. The normalized spacial score (nSPS) is 42.2. The molecule has 3 nitrogen and oxygen atoms in total. The Kier molecular flexibility index (Phi) is 2.71. The Labute approximate surface area is 114 Å². The van der Waals surface area contributed by atoms with Crippen molar-refractivity contribution >= 4 is 11.8 Å². The van der Waals surface area contributed by atoms with Gasteiger partial charge in [0.1, 0.15) is 0 Å². The number of imide groups is 1. The minimum Gasteiger partial charge on any atom is -0.282 e. The molecule has 0 aromatic rings. The van der Waals surface area contributed by atoms with Crippen molar-refractivity contribution in [3.8, 4) is 0 Å². The Morgan fingerprint density at radius 3 is 2.00 bits per heavy atom. The summed E-state index contributed by atoms with van der Waals surface area (Å²) < 4.78 is 0. The van der Waals surface area contributed by atoms with Crippen LogP contribution in [-0.2, 0) is 9.59 Å². The van der Waals surface area contributed by atoms with Crippen LogP contribution in [0.4, 0.5) is 0 Å². The van der Waals surface area contributed by atoms with Gasteiger partial charge in [-0.3, -0.25) is 14.5 Å². The minimum absolute atomic E-state index is 0.0786. The summed E-state index contributed by atoms with van der Waals surface area (Å²) >= 11 is 0. The maximum Gasteiger partial charge on any atom is 0.233 e. The Morgan fingerprint density at radius 2 is 1.42 bits per heavy atom. The van der Waals surface area contributed by atoms with Gasteiger partial charge in [0, 0.05) is 6.54 Å². The van der Waals surface area contributed by atoms with Gasteiger partial charge in [-0.2, -0.15) is 0 Å². The molecule has 4 aliphatic rings. The zero-order valence-electron chi connectivity index (χ0n) is 11.5. The fourth-order valence-corrected chi connectivity index (χ4v) is 5.28. The van der Waals surface area contributed by atoms with E-state index in [1.54, 1.807) is 4.90 Å². The van der Waals surface area contributed by atoms with Gasteiger partial charge in [0.15, 0.2) is 0 Å². The second-order valence-corrected chi connectivity index (χ2v) is 7.18. The van der Waals surface area contributed by atoms with E-state index in [2.05, 4.69) is 0 Å². The van der Waals surface area contributed by atoms with Gasteiger partial charge in [-0.05, 0) is 49.9 Å². The molecular formula is C16H23NO2. The van der Waals surface area contributed by atoms with E-state index in [1.165, 1.54) is 44.9 Å². The summed E-state index contributed by atoms with van der Waals surface area (Å²) in [5.74, 6) is 2.17. The predicted octanol–water partition coefficient (Wildman–Crippen LogP) is 2.60. The van der Waals surface area contributed by atoms with Gasteiger partial charge in [0.25, 0.3) is 0 Å². The molecule has 0 spiro atoms. The van der Waals surface area contributed by atoms with E-state index in [1.807, 2.05) is 0 Å². The van der Waals surface area contributed by atoms with Crippen molar-refractivity contribution in [2.24, 2.45) is 29.6 Å². The van der Waals surface area contributed by atoms with E-state index in [4.69, 9.17) is 0 Å². The highest BCUT2D eigenvalue weighted by atomic mass is 16.2. The lowest BCUT2D eigenvalue weighted by Crippen LogP contribution is -2.37. The minimum atomic E-state index is 0.0786. The molecule has 19 heavy (non-hydrogen) atoms. The molecule has 3 saturated carbocycles. The molecule has 4 fully saturated rings. The quantitative estimate of drug-likeness (QED) is 0.716. The molecule has 3 unspecified atom stereocenters. The largest absolute Gasteiger partial charge is 0.282 e. The van der Waals surface area contributed by atoms with Crippen molar-refractivity contribution in [3.63, 3.8) is 0 Å². The van der Waals surface area contributed by atoms with E-state index >= 15 is 0 Å². The van der Waals surface area contributed by atoms with Crippen LogP contribution in [0.2, 0.25) is 0 Å². The maximum atomic E-state index is 12.6. The molecule has 104 valence electrons. The lowest BCUT2D eigenvalue weighted by molar-refractivity contribution is -0.141. The van der Waals surface area contributed by atoms with Gasteiger partial charge >= 0.3 is 0 Å². The third-order valence-corrected chi connectivity index (χ3v) is 6.18. The molecule has 4 atom stereocenters. The molecule has 1 saturated heterocycles. The molecule has 0 aromatic carbocycles. The van der Waals surface area contributed by atoms with Crippen molar-refractivity contribution in [3.05, 3.63) is 0 Å².